The van der Waals surface area contributed by atoms with E-state index in [1.54, 1.807) is 11.4 Å². The van der Waals surface area contributed by atoms with Crippen LogP contribution in [0.5, 0.6) is 0 Å². The first-order valence-electron chi connectivity index (χ1n) is 3.78. The molecule has 0 saturated carbocycles. The third-order valence-corrected chi connectivity index (χ3v) is 2.85. The number of fused-ring (bicyclic) bond motifs is 1. The number of nitro groups is 1. The molecule has 0 atom stereocenters. The predicted octanol–water partition coefficient (Wildman–Crippen LogP) is 2.68. The summed E-state index contributed by atoms with van der Waals surface area (Å²) in [6.45, 7) is 0. The first kappa shape index (κ1) is 8.66. The van der Waals surface area contributed by atoms with Crippen LogP contribution in [0.4, 0.5) is 5.69 Å². The van der Waals surface area contributed by atoms with E-state index in [2.05, 4.69) is 0 Å². The summed E-state index contributed by atoms with van der Waals surface area (Å²) < 4.78 is 0.896. The zero-order valence-electron chi connectivity index (χ0n) is 6.93. The number of rotatable bonds is 1. The van der Waals surface area contributed by atoms with Crippen LogP contribution in [0.25, 0.3) is 10.1 Å². The van der Waals surface area contributed by atoms with E-state index >= 15 is 0 Å². The van der Waals surface area contributed by atoms with Crippen LogP contribution in [0.3, 0.4) is 0 Å². The summed E-state index contributed by atoms with van der Waals surface area (Å²) in [5.74, 6) is 0. The Hall–Kier alpha value is -1.93. The van der Waals surface area contributed by atoms with Crippen molar-refractivity contribution >= 4 is 27.1 Å². The molecule has 0 saturated heterocycles. The molecule has 5 heteroatoms. The molecule has 2 aromatic rings. The SMILES string of the molecule is N#Cc1csc2ccc([N+](=O)[O-])cc12. The average molecular weight is 204 g/mol. The van der Waals surface area contributed by atoms with Crippen LogP contribution in [0.1, 0.15) is 5.56 Å². The standard InChI is InChI=1S/C9H4N2O2S/c10-4-6-5-14-9-2-1-7(11(12)13)3-8(6)9/h1-3,5H. The summed E-state index contributed by atoms with van der Waals surface area (Å²) in [5, 5.41) is 21.6. The van der Waals surface area contributed by atoms with E-state index in [1.165, 1.54) is 23.5 Å². The second-order valence-electron chi connectivity index (χ2n) is 2.70. The minimum absolute atomic E-state index is 0.0207. The number of nitro benzene ring substituents is 1. The maximum atomic E-state index is 10.5. The van der Waals surface area contributed by atoms with Crippen molar-refractivity contribution in [2.24, 2.45) is 0 Å². The smallest absolute Gasteiger partial charge is 0.258 e. The number of non-ortho nitro benzene ring substituents is 1. The third-order valence-electron chi connectivity index (χ3n) is 1.89. The van der Waals surface area contributed by atoms with Crippen LogP contribution in [0.15, 0.2) is 23.6 Å². The monoisotopic (exact) mass is 204 g/mol. The molecule has 0 N–H and O–H groups in total. The summed E-state index contributed by atoms with van der Waals surface area (Å²) in [6, 6.07) is 6.55. The number of nitrogens with zero attached hydrogens (tertiary/aromatic N) is 2. The van der Waals surface area contributed by atoms with Crippen molar-refractivity contribution in [3.8, 4) is 6.07 Å². The molecule has 1 aromatic heterocycles. The molecule has 14 heavy (non-hydrogen) atoms. The summed E-state index contributed by atoms with van der Waals surface area (Å²) in [7, 11) is 0. The van der Waals surface area contributed by atoms with E-state index in [9.17, 15) is 10.1 Å². The van der Waals surface area contributed by atoms with Gasteiger partial charge in [0.05, 0.1) is 10.5 Å². The summed E-state index contributed by atoms with van der Waals surface area (Å²) in [4.78, 5) is 10.0. The highest BCUT2D eigenvalue weighted by Gasteiger charge is 2.09. The maximum Gasteiger partial charge on any atom is 0.270 e. The summed E-state index contributed by atoms with van der Waals surface area (Å²) in [5.41, 5.74) is 0.515. The van der Waals surface area contributed by atoms with Gasteiger partial charge in [-0.3, -0.25) is 10.1 Å². The van der Waals surface area contributed by atoms with E-state index in [4.69, 9.17) is 5.26 Å². The fourth-order valence-corrected chi connectivity index (χ4v) is 2.08. The van der Waals surface area contributed by atoms with Crippen molar-refractivity contribution in [3.63, 3.8) is 0 Å². The van der Waals surface area contributed by atoms with Crippen molar-refractivity contribution in [2.45, 2.75) is 0 Å². The minimum atomic E-state index is -0.460. The quantitative estimate of drug-likeness (QED) is 0.529. The molecule has 0 fully saturated rings. The van der Waals surface area contributed by atoms with E-state index in [0.29, 0.717) is 10.9 Å². The Bertz CT molecular complexity index is 553. The normalized spacial score (nSPS) is 9.93. The molecule has 0 spiro atoms. The van der Waals surface area contributed by atoms with E-state index in [-0.39, 0.29) is 5.69 Å². The molecular weight excluding hydrogens is 200 g/mol. The Labute approximate surface area is 83.2 Å². The van der Waals surface area contributed by atoms with Crippen LogP contribution >= 0.6 is 11.3 Å². The molecular formula is C9H4N2O2S. The maximum absolute atomic E-state index is 10.5. The third kappa shape index (κ3) is 1.22. The van der Waals surface area contributed by atoms with Gasteiger partial charge in [0.25, 0.3) is 5.69 Å². The zero-order valence-corrected chi connectivity index (χ0v) is 7.75. The Kier molecular flexibility index (Phi) is 1.91. The first-order valence-corrected chi connectivity index (χ1v) is 4.66. The Morgan fingerprint density at radius 1 is 1.50 bits per heavy atom. The Balaban J connectivity index is 2.75. The molecule has 4 nitrogen and oxygen atoms in total. The number of hydrogen-bond acceptors (Lipinski definition) is 4. The molecule has 0 radical (unpaired) electrons. The van der Waals surface area contributed by atoms with Gasteiger partial charge in [-0.05, 0) is 6.07 Å². The van der Waals surface area contributed by atoms with Gasteiger partial charge in [0.15, 0.2) is 0 Å². The lowest BCUT2D eigenvalue weighted by Crippen LogP contribution is -1.86. The highest BCUT2D eigenvalue weighted by atomic mass is 32.1. The van der Waals surface area contributed by atoms with Gasteiger partial charge in [-0.2, -0.15) is 5.26 Å². The Morgan fingerprint density at radius 3 is 2.93 bits per heavy atom. The topological polar surface area (TPSA) is 66.9 Å². The van der Waals surface area contributed by atoms with Crippen molar-refractivity contribution in [2.75, 3.05) is 0 Å². The second kappa shape index (κ2) is 3.09. The van der Waals surface area contributed by atoms with Gasteiger partial charge in [-0.1, -0.05) is 0 Å². The highest BCUT2D eigenvalue weighted by molar-refractivity contribution is 7.17. The highest BCUT2D eigenvalue weighted by Crippen LogP contribution is 2.28. The van der Waals surface area contributed by atoms with E-state index in [0.717, 1.165) is 4.70 Å². The summed E-state index contributed by atoms with van der Waals surface area (Å²) in [6.07, 6.45) is 0. The fraction of sp³-hybridized carbons (Fsp3) is 0. The predicted molar refractivity (Wildman–Crippen MR) is 53.2 cm³/mol. The lowest BCUT2D eigenvalue weighted by atomic mass is 10.2. The molecule has 0 aliphatic carbocycles. The van der Waals surface area contributed by atoms with E-state index < -0.39 is 4.92 Å². The van der Waals surface area contributed by atoms with Crippen molar-refractivity contribution in [1.82, 2.24) is 0 Å². The first-order chi connectivity index (χ1) is 6.72. The van der Waals surface area contributed by atoms with Crippen LogP contribution in [0, 0.1) is 21.4 Å². The molecule has 0 aliphatic rings. The number of benzene rings is 1. The van der Waals surface area contributed by atoms with Crippen LogP contribution < -0.4 is 0 Å². The average Bonchev–Trinajstić information content (AvgIpc) is 2.59. The molecule has 0 bridgehead atoms. The summed E-state index contributed by atoms with van der Waals surface area (Å²) >= 11 is 1.41. The van der Waals surface area contributed by atoms with Gasteiger partial charge in [-0.25, -0.2) is 0 Å². The van der Waals surface area contributed by atoms with Gasteiger partial charge in [0.2, 0.25) is 0 Å². The van der Waals surface area contributed by atoms with Gasteiger partial charge in [0, 0.05) is 27.6 Å². The van der Waals surface area contributed by atoms with Gasteiger partial charge < -0.3 is 0 Å². The number of hydrogen-bond donors (Lipinski definition) is 0. The molecule has 1 aromatic carbocycles. The van der Waals surface area contributed by atoms with Crippen LogP contribution in [-0.4, -0.2) is 4.92 Å². The Morgan fingerprint density at radius 2 is 2.29 bits per heavy atom. The molecule has 0 unspecified atom stereocenters. The number of nitriles is 1. The number of thiophene rings is 1. The molecule has 1 heterocycles. The van der Waals surface area contributed by atoms with Crippen LogP contribution in [-0.2, 0) is 0 Å². The van der Waals surface area contributed by atoms with E-state index in [1.807, 2.05) is 6.07 Å². The fourth-order valence-electron chi connectivity index (χ4n) is 1.22. The minimum Gasteiger partial charge on any atom is -0.258 e. The molecule has 68 valence electrons. The van der Waals surface area contributed by atoms with Crippen molar-refractivity contribution in [1.29, 1.82) is 5.26 Å². The van der Waals surface area contributed by atoms with Gasteiger partial charge in [-0.15, -0.1) is 11.3 Å². The van der Waals surface area contributed by atoms with Gasteiger partial charge >= 0.3 is 0 Å². The van der Waals surface area contributed by atoms with Crippen molar-refractivity contribution in [3.05, 3.63) is 39.3 Å². The largest absolute Gasteiger partial charge is 0.270 e. The second-order valence-corrected chi connectivity index (χ2v) is 3.61. The lowest BCUT2D eigenvalue weighted by Gasteiger charge is -1.91. The van der Waals surface area contributed by atoms with Gasteiger partial charge in [0.1, 0.15) is 6.07 Å². The zero-order chi connectivity index (χ0) is 10.1. The molecule has 0 aliphatic heterocycles. The molecule has 0 amide bonds. The van der Waals surface area contributed by atoms with Crippen LogP contribution in [0.2, 0.25) is 0 Å². The lowest BCUT2D eigenvalue weighted by molar-refractivity contribution is -0.384. The van der Waals surface area contributed by atoms with Crippen molar-refractivity contribution < 1.29 is 4.92 Å². The molecule has 2 rings (SSSR count).